The molecule has 0 amide bonds. The molecule has 0 saturated carbocycles. The molecule has 1 aliphatic rings. The standard InChI is InChI=1S/C18H20Cl2F3N5O/c1-26-17(29)16(15(20)11-25-26)24-4-5-27-6-8-28(9-7-27)12-2-3-14(19)13(10-12)18(21,22)23/h2-3,10-11,24H,4-9H2,1H3. The third-order valence-electron chi connectivity index (χ3n) is 4.81. The largest absolute Gasteiger partial charge is 0.417 e. The van der Waals surface area contributed by atoms with E-state index in [4.69, 9.17) is 23.2 Å². The second-order valence-electron chi connectivity index (χ2n) is 6.71. The Kier molecular flexibility index (Phi) is 6.60. The van der Waals surface area contributed by atoms with Gasteiger partial charge in [0.25, 0.3) is 5.56 Å². The van der Waals surface area contributed by atoms with Gasteiger partial charge in [-0.25, -0.2) is 4.68 Å². The number of hydrogen-bond acceptors (Lipinski definition) is 5. The third kappa shape index (κ3) is 5.15. The summed E-state index contributed by atoms with van der Waals surface area (Å²) in [6.45, 7) is 3.75. The van der Waals surface area contributed by atoms with Crippen molar-refractivity contribution in [2.45, 2.75) is 6.18 Å². The zero-order valence-corrected chi connectivity index (χ0v) is 17.2. The Morgan fingerprint density at radius 2 is 1.83 bits per heavy atom. The molecule has 1 saturated heterocycles. The smallest absolute Gasteiger partial charge is 0.378 e. The van der Waals surface area contributed by atoms with Crippen molar-refractivity contribution >= 4 is 34.6 Å². The summed E-state index contributed by atoms with van der Waals surface area (Å²) in [5, 5.41) is 6.85. The SMILES string of the molecule is Cn1ncc(Cl)c(NCCN2CCN(c3ccc(Cl)c(C(F)(F)F)c3)CC2)c1=O. The van der Waals surface area contributed by atoms with E-state index in [1.165, 1.54) is 16.9 Å². The van der Waals surface area contributed by atoms with Crippen LogP contribution >= 0.6 is 23.2 Å². The molecule has 1 N–H and O–H groups in total. The van der Waals surface area contributed by atoms with Crippen LogP contribution in [-0.2, 0) is 13.2 Å². The van der Waals surface area contributed by atoms with Crippen molar-refractivity contribution in [2.24, 2.45) is 7.05 Å². The van der Waals surface area contributed by atoms with Crippen molar-refractivity contribution in [3.8, 4) is 0 Å². The first-order valence-corrected chi connectivity index (χ1v) is 9.72. The number of aryl methyl sites for hydroxylation is 1. The minimum Gasteiger partial charge on any atom is -0.378 e. The number of nitrogens with zero attached hydrogens (tertiary/aromatic N) is 4. The average molecular weight is 450 g/mol. The van der Waals surface area contributed by atoms with E-state index in [9.17, 15) is 18.0 Å². The molecule has 0 spiro atoms. The van der Waals surface area contributed by atoms with Crippen molar-refractivity contribution in [1.29, 1.82) is 0 Å². The average Bonchev–Trinajstić information content (AvgIpc) is 2.67. The number of anilines is 2. The molecule has 0 atom stereocenters. The summed E-state index contributed by atoms with van der Waals surface area (Å²) in [4.78, 5) is 16.1. The van der Waals surface area contributed by atoms with Gasteiger partial charge in [0.2, 0.25) is 0 Å². The van der Waals surface area contributed by atoms with Gasteiger partial charge in [-0.1, -0.05) is 23.2 Å². The molecule has 0 unspecified atom stereocenters. The summed E-state index contributed by atoms with van der Waals surface area (Å²) >= 11 is 11.7. The van der Waals surface area contributed by atoms with E-state index in [2.05, 4.69) is 15.3 Å². The van der Waals surface area contributed by atoms with Crippen molar-refractivity contribution in [3.05, 3.63) is 50.4 Å². The molecule has 0 aliphatic carbocycles. The molecule has 1 fully saturated rings. The van der Waals surface area contributed by atoms with Gasteiger partial charge in [0, 0.05) is 52.0 Å². The Hall–Kier alpha value is -1.97. The van der Waals surface area contributed by atoms with E-state index in [1.54, 1.807) is 13.1 Å². The van der Waals surface area contributed by atoms with Gasteiger partial charge in [0.05, 0.1) is 21.8 Å². The number of halogens is 5. The summed E-state index contributed by atoms with van der Waals surface area (Å²) in [5.74, 6) is 0. The molecule has 1 aromatic carbocycles. The Morgan fingerprint density at radius 1 is 1.14 bits per heavy atom. The van der Waals surface area contributed by atoms with E-state index in [0.29, 0.717) is 50.6 Å². The van der Waals surface area contributed by atoms with Crippen LogP contribution in [0.4, 0.5) is 24.5 Å². The maximum Gasteiger partial charge on any atom is 0.417 e. The van der Waals surface area contributed by atoms with Gasteiger partial charge in [-0.15, -0.1) is 0 Å². The van der Waals surface area contributed by atoms with Crippen LogP contribution in [-0.4, -0.2) is 53.9 Å². The van der Waals surface area contributed by atoms with Crippen LogP contribution in [0.5, 0.6) is 0 Å². The highest BCUT2D eigenvalue weighted by Gasteiger charge is 2.34. The van der Waals surface area contributed by atoms with Gasteiger partial charge in [-0.05, 0) is 18.2 Å². The first kappa shape index (κ1) is 21.7. The molecule has 11 heteroatoms. The zero-order valence-electron chi connectivity index (χ0n) is 15.6. The molecular formula is C18H20Cl2F3N5O. The van der Waals surface area contributed by atoms with E-state index in [0.717, 1.165) is 6.07 Å². The van der Waals surface area contributed by atoms with Gasteiger partial charge in [0.15, 0.2) is 0 Å². The first-order chi connectivity index (χ1) is 13.7. The summed E-state index contributed by atoms with van der Waals surface area (Å²) in [5.41, 5.74) is -0.306. The predicted molar refractivity (Wildman–Crippen MR) is 108 cm³/mol. The molecular weight excluding hydrogens is 430 g/mol. The molecule has 1 aromatic heterocycles. The summed E-state index contributed by atoms with van der Waals surface area (Å²) < 4.78 is 40.4. The molecule has 1 aliphatic heterocycles. The molecule has 0 radical (unpaired) electrons. The van der Waals surface area contributed by atoms with Crippen LogP contribution in [0.15, 0.2) is 29.2 Å². The number of aromatic nitrogens is 2. The Bertz CT molecular complexity index is 927. The lowest BCUT2D eigenvalue weighted by Gasteiger charge is -2.36. The molecule has 158 valence electrons. The normalized spacial score (nSPS) is 15.6. The van der Waals surface area contributed by atoms with Gasteiger partial charge in [0.1, 0.15) is 5.69 Å². The fourth-order valence-corrected chi connectivity index (χ4v) is 3.59. The number of nitrogens with one attached hydrogen (secondary N) is 1. The van der Waals surface area contributed by atoms with Gasteiger partial charge in [-0.2, -0.15) is 18.3 Å². The monoisotopic (exact) mass is 449 g/mol. The van der Waals surface area contributed by atoms with Gasteiger partial charge < -0.3 is 10.2 Å². The van der Waals surface area contributed by atoms with Crippen LogP contribution in [0.25, 0.3) is 0 Å². The summed E-state index contributed by atoms with van der Waals surface area (Å²) in [6.07, 6.45) is -3.07. The number of rotatable bonds is 5. The molecule has 29 heavy (non-hydrogen) atoms. The number of alkyl halides is 3. The third-order valence-corrected chi connectivity index (χ3v) is 5.43. The number of piperazine rings is 1. The Balaban J connectivity index is 1.54. The van der Waals surface area contributed by atoms with Crippen molar-refractivity contribution in [2.75, 3.05) is 49.5 Å². The Morgan fingerprint density at radius 3 is 2.48 bits per heavy atom. The quantitative estimate of drug-likeness (QED) is 0.758. The predicted octanol–water partition coefficient (Wildman–Crippen LogP) is 3.34. The first-order valence-electron chi connectivity index (χ1n) is 8.96. The Labute approximate surface area is 175 Å². The van der Waals surface area contributed by atoms with E-state index in [1.807, 2.05) is 4.90 Å². The van der Waals surface area contributed by atoms with E-state index in [-0.39, 0.29) is 15.6 Å². The highest BCUT2D eigenvalue weighted by atomic mass is 35.5. The highest BCUT2D eigenvalue weighted by molar-refractivity contribution is 6.33. The highest BCUT2D eigenvalue weighted by Crippen LogP contribution is 2.37. The minimum atomic E-state index is -4.48. The molecule has 6 nitrogen and oxygen atoms in total. The molecule has 2 heterocycles. The molecule has 0 bridgehead atoms. The topological polar surface area (TPSA) is 53.4 Å². The second-order valence-corrected chi connectivity index (χ2v) is 7.53. The number of benzene rings is 1. The van der Waals surface area contributed by atoms with Crippen LogP contribution in [0.2, 0.25) is 10.0 Å². The van der Waals surface area contributed by atoms with Gasteiger partial charge >= 0.3 is 6.18 Å². The molecule has 2 aromatic rings. The van der Waals surface area contributed by atoms with Crippen molar-refractivity contribution < 1.29 is 13.2 Å². The lowest BCUT2D eigenvalue weighted by Crippen LogP contribution is -2.47. The van der Waals surface area contributed by atoms with Crippen LogP contribution < -0.4 is 15.8 Å². The minimum absolute atomic E-state index is 0.265. The van der Waals surface area contributed by atoms with Crippen molar-refractivity contribution in [1.82, 2.24) is 14.7 Å². The second kappa shape index (κ2) is 8.81. The lowest BCUT2D eigenvalue weighted by atomic mass is 10.1. The van der Waals surface area contributed by atoms with Crippen LogP contribution in [0.1, 0.15) is 5.56 Å². The van der Waals surface area contributed by atoms with E-state index < -0.39 is 11.7 Å². The lowest BCUT2D eigenvalue weighted by molar-refractivity contribution is -0.137. The van der Waals surface area contributed by atoms with Gasteiger partial charge in [-0.3, -0.25) is 9.69 Å². The van der Waals surface area contributed by atoms with Crippen LogP contribution in [0, 0.1) is 0 Å². The fourth-order valence-electron chi connectivity index (χ4n) is 3.17. The molecule has 3 rings (SSSR count). The maximum absolute atomic E-state index is 13.1. The maximum atomic E-state index is 13.1. The van der Waals surface area contributed by atoms with Crippen LogP contribution in [0.3, 0.4) is 0 Å². The summed E-state index contributed by atoms with van der Waals surface area (Å²) in [6, 6.07) is 3.99. The van der Waals surface area contributed by atoms with E-state index >= 15 is 0 Å². The van der Waals surface area contributed by atoms with Crippen molar-refractivity contribution in [3.63, 3.8) is 0 Å². The summed E-state index contributed by atoms with van der Waals surface area (Å²) in [7, 11) is 1.55. The fraction of sp³-hybridized carbons (Fsp3) is 0.444. The number of hydrogen-bond donors (Lipinski definition) is 1. The zero-order chi connectivity index (χ0) is 21.2.